The highest BCUT2D eigenvalue weighted by Gasteiger charge is 2.17. The zero-order chi connectivity index (χ0) is 13.2. The van der Waals surface area contributed by atoms with Gasteiger partial charge in [-0.05, 0) is 24.6 Å². The van der Waals surface area contributed by atoms with Crippen LogP contribution in [0.3, 0.4) is 0 Å². The third kappa shape index (κ3) is 2.82. The monoisotopic (exact) mass is 321 g/mol. The first-order chi connectivity index (χ1) is 9.22. The standard InChI is InChI=1S/C14H16BrN3O/c1-9-17-8-13(18-9)7-16-6-11-5-12(15)4-10-2-3-19-14(10)11/h4-5,8,16H,2-3,6-7H2,1H3,(H,17,18). The minimum atomic E-state index is 0.780. The Bertz CT molecular complexity index is 594. The molecule has 1 aliphatic rings. The van der Waals surface area contributed by atoms with Crippen molar-refractivity contribution in [1.82, 2.24) is 15.3 Å². The summed E-state index contributed by atoms with van der Waals surface area (Å²) in [6.07, 6.45) is 2.87. The van der Waals surface area contributed by atoms with E-state index in [0.717, 1.165) is 47.9 Å². The molecular weight excluding hydrogens is 306 g/mol. The Hall–Kier alpha value is -1.33. The van der Waals surface area contributed by atoms with Crippen molar-refractivity contribution >= 4 is 15.9 Å². The molecule has 2 N–H and O–H groups in total. The lowest BCUT2D eigenvalue weighted by Gasteiger charge is -2.09. The maximum atomic E-state index is 5.71. The molecule has 1 aromatic heterocycles. The molecule has 0 saturated heterocycles. The summed E-state index contributed by atoms with van der Waals surface area (Å²) < 4.78 is 6.83. The van der Waals surface area contributed by atoms with Gasteiger partial charge in [0, 0.05) is 41.4 Å². The number of hydrogen-bond donors (Lipinski definition) is 2. The van der Waals surface area contributed by atoms with Gasteiger partial charge in [0.15, 0.2) is 0 Å². The fourth-order valence-electron chi connectivity index (χ4n) is 2.37. The van der Waals surface area contributed by atoms with Crippen LogP contribution in [0.15, 0.2) is 22.8 Å². The van der Waals surface area contributed by atoms with E-state index in [-0.39, 0.29) is 0 Å². The molecule has 1 aliphatic heterocycles. The van der Waals surface area contributed by atoms with Gasteiger partial charge in [-0.1, -0.05) is 15.9 Å². The summed E-state index contributed by atoms with van der Waals surface area (Å²) in [6.45, 7) is 4.32. The van der Waals surface area contributed by atoms with Crippen molar-refractivity contribution < 1.29 is 4.74 Å². The molecule has 0 saturated carbocycles. The highest BCUT2D eigenvalue weighted by molar-refractivity contribution is 9.10. The molecule has 100 valence electrons. The van der Waals surface area contributed by atoms with Crippen LogP contribution in [0.5, 0.6) is 5.75 Å². The molecule has 0 aliphatic carbocycles. The molecule has 0 unspecified atom stereocenters. The molecule has 19 heavy (non-hydrogen) atoms. The van der Waals surface area contributed by atoms with Crippen molar-refractivity contribution in [1.29, 1.82) is 0 Å². The summed E-state index contributed by atoms with van der Waals surface area (Å²) in [5, 5.41) is 3.42. The number of H-pyrrole nitrogens is 1. The van der Waals surface area contributed by atoms with Gasteiger partial charge in [-0.25, -0.2) is 4.98 Å². The zero-order valence-electron chi connectivity index (χ0n) is 10.8. The van der Waals surface area contributed by atoms with Crippen LogP contribution in [-0.2, 0) is 19.5 Å². The molecular formula is C14H16BrN3O. The molecule has 0 radical (unpaired) electrons. The second-order valence-corrected chi connectivity index (χ2v) is 5.66. The lowest BCUT2D eigenvalue weighted by molar-refractivity contribution is 0.352. The molecule has 0 amide bonds. The molecule has 2 heterocycles. The Balaban J connectivity index is 1.67. The summed E-state index contributed by atoms with van der Waals surface area (Å²) >= 11 is 3.56. The van der Waals surface area contributed by atoms with Crippen LogP contribution in [0.2, 0.25) is 0 Å². The highest BCUT2D eigenvalue weighted by atomic mass is 79.9. The molecule has 5 heteroatoms. The van der Waals surface area contributed by atoms with Gasteiger partial charge in [0.25, 0.3) is 0 Å². The first kappa shape index (κ1) is 12.7. The normalized spacial score (nSPS) is 13.4. The average Bonchev–Trinajstić information content (AvgIpc) is 2.98. The molecule has 0 fully saturated rings. The Kier molecular flexibility index (Phi) is 3.57. The SMILES string of the molecule is Cc1ncc(CNCc2cc(Br)cc3c2OCC3)[nH]1. The van der Waals surface area contributed by atoms with E-state index in [2.05, 4.69) is 43.3 Å². The summed E-state index contributed by atoms with van der Waals surface area (Å²) in [5.74, 6) is 2.00. The highest BCUT2D eigenvalue weighted by Crippen LogP contribution is 2.32. The van der Waals surface area contributed by atoms with Gasteiger partial charge in [0.1, 0.15) is 11.6 Å². The number of nitrogens with one attached hydrogen (secondary N) is 2. The topological polar surface area (TPSA) is 49.9 Å². The van der Waals surface area contributed by atoms with Crippen LogP contribution in [0.25, 0.3) is 0 Å². The number of fused-ring (bicyclic) bond motifs is 1. The number of ether oxygens (including phenoxy) is 1. The molecule has 3 rings (SSSR count). The Morgan fingerprint density at radius 3 is 3.11 bits per heavy atom. The lowest BCUT2D eigenvalue weighted by Crippen LogP contribution is -2.13. The van der Waals surface area contributed by atoms with E-state index < -0.39 is 0 Å². The quantitative estimate of drug-likeness (QED) is 0.910. The zero-order valence-corrected chi connectivity index (χ0v) is 12.4. The predicted octanol–water partition coefficient (Wildman–Crippen LogP) is 2.71. The van der Waals surface area contributed by atoms with Crippen LogP contribution in [0.4, 0.5) is 0 Å². The van der Waals surface area contributed by atoms with Crippen LogP contribution in [0, 0.1) is 6.92 Å². The largest absolute Gasteiger partial charge is 0.493 e. The minimum absolute atomic E-state index is 0.780. The maximum absolute atomic E-state index is 5.71. The van der Waals surface area contributed by atoms with Crippen LogP contribution < -0.4 is 10.1 Å². The minimum Gasteiger partial charge on any atom is -0.493 e. The van der Waals surface area contributed by atoms with E-state index in [1.165, 1.54) is 11.1 Å². The predicted molar refractivity (Wildman–Crippen MR) is 77.2 cm³/mol. The van der Waals surface area contributed by atoms with E-state index >= 15 is 0 Å². The van der Waals surface area contributed by atoms with Crippen LogP contribution in [0.1, 0.15) is 22.6 Å². The second-order valence-electron chi connectivity index (χ2n) is 4.75. The smallest absolute Gasteiger partial charge is 0.127 e. The molecule has 2 aromatic rings. The number of benzene rings is 1. The number of aryl methyl sites for hydroxylation is 1. The van der Waals surface area contributed by atoms with Crippen molar-refractivity contribution in [2.45, 2.75) is 26.4 Å². The number of aromatic amines is 1. The van der Waals surface area contributed by atoms with Gasteiger partial charge < -0.3 is 15.0 Å². The van der Waals surface area contributed by atoms with Crippen LogP contribution in [-0.4, -0.2) is 16.6 Å². The van der Waals surface area contributed by atoms with Gasteiger partial charge in [0.05, 0.1) is 6.61 Å². The fourth-order valence-corrected chi connectivity index (χ4v) is 2.92. The number of hydrogen-bond acceptors (Lipinski definition) is 3. The second kappa shape index (κ2) is 5.35. The van der Waals surface area contributed by atoms with Crippen molar-refractivity contribution in [3.63, 3.8) is 0 Å². The lowest BCUT2D eigenvalue weighted by atomic mass is 10.1. The van der Waals surface area contributed by atoms with Gasteiger partial charge in [-0.3, -0.25) is 0 Å². The third-order valence-corrected chi connectivity index (χ3v) is 3.67. The summed E-state index contributed by atoms with van der Waals surface area (Å²) in [4.78, 5) is 7.40. The van der Waals surface area contributed by atoms with E-state index in [0.29, 0.717) is 0 Å². The summed E-state index contributed by atoms with van der Waals surface area (Å²) in [5.41, 5.74) is 3.60. The summed E-state index contributed by atoms with van der Waals surface area (Å²) in [7, 11) is 0. The van der Waals surface area contributed by atoms with Crippen molar-refractivity contribution in [3.8, 4) is 5.75 Å². The van der Waals surface area contributed by atoms with E-state index in [1.54, 1.807) is 0 Å². The van der Waals surface area contributed by atoms with E-state index in [9.17, 15) is 0 Å². The van der Waals surface area contributed by atoms with Crippen molar-refractivity contribution in [3.05, 3.63) is 45.4 Å². The van der Waals surface area contributed by atoms with Gasteiger partial charge in [-0.15, -0.1) is 0 Å². The maximum Gasteiger partial charge on any atom is 0.127 e. The van der Waals surface area contributed by atoms with E-state index in [4.69, 9.17) is 4.74 Å². The number of halogens is 1. The average molecular weight is 322 g/mol. The Morgan fingerprint density at radius 1 is 1.42 bits per heavy atom. The number of imidazole rings is 1. The summed E-state index contributed by atoms with van der Waals surface area (Å²) in [6, 6.07) is 4.26. The van der Waals surface area contributed by atoms with Gasteiger partial charge in [-0.2, -0.15) is 0 Å². The Labute approximate surface area is 120 Å². The molecule has 0 atom stereocenters. The molecule has 0 spiro atoms. The fraction of sp³-hybridized carbons (Fsp3) is 0.357. The molecule has 4 nitrogen and oxygen atoms in total. The number of rotatable bonds is 4. The molecule has 1 aromatic carbocycles. The van der Waals surface area contributed by atoms with Crippen LogP contribution >= 0.6 is 15.9 Å². The Morgan fingerprint density at radius 2 is 2.32 bits per heavy atom. The van der Waals surface area contributed by atoms with Gasteiger partial charge in [0.2, 0.25) is 0 Å². The van der Waals surface area contributed by atoms with Crippen molar-refractivity contribution in [2.75, 3.05) is 6.61 Å². The van der Waals surface area contributed by atoms with Gasteiger partial charge >= 0.3 is 0 Å². The van der Waals surface area contributed by atoms with E-state index in [1.807, 2.05) is 13.1 Å². The molecule has 0 bridgehead atoms. The first-order valence-corrected chi connectivity index (χ1v) is 7.17. The van der Waals surface area contributed by atoms with Crippen molar-refractivity contribution in [2.24, 2.45) is 0 Å². The first-order valence-electron chi connectivity index (χ1n) is 6.37. The third-order valence-electron chi connectivity index (χ3n) is 3.21. The number of nitrogens with zero attached hydrogens (tertiary/aromatic N) is 1. The number of aromatic nitrogens is 2.